The average molecular weight is 293 g/mol. The van der Waals surface area contributed by atoms with Crippen molar-refractivity contribution in [3.05, 3.63) is 33.3 Å². The maximum Gasteiger partial charge on any atom is 0.345 e. The molecule has 0 aliphatic heterocycles. The molecule has 19 heavy (non-hydrogen) atoms. The van der Waals surface area contributed by atoms with Crippen LogP contribution in [-0.2, 0) is 0 Å². The van der Waals surface area contributed by atoms with Crippen LogP contribution >= 0.6 is 22.7 Å². The van der Waals surface area contributed by atoms with Gasteiger partial charge in [0.25, 0.3) is 5.91 Å². The van der Waals surface area contributed by atoms with Crippen LogP contribution in [0.25, 0.3) is 10.2 Å². The van der Waals surface area contributed by atoms with Crippen LogP contribution in [0.3, 0.4) is 0 Å². The fraction of sp³-hybridized carbons (Fsp3) is 0. The van der Waals surface area contributed by atoms with E-state index in [9.17, 15) is 9.59 Å². The molecular formula is C11H7N3O3S2. The van der Waals surface area contributed by atoms with E-state index < -0.39 is 5.97 Å². The van der Waals surface area contributed by atoms with Gasteiger partial charge in [0.05, 0.1) is 10.9 Å². The number of nitrogens with zero attached hydrogens (tertiary/aromatic N) is 1. The number of carboxylic acid groups (broad SMARTS) is 1. The van der Waals surface area contributed by atoms with Crippen LogP contribution in [0.1, 0.15) is 20.0 Å². The van der Waals surface area contributed by atoms with E-state index in [1.54, 1.807) is 11.4 Å². The fourth-order valence-electron chi connectivity index (χ4n) is 1.59. The zero-order chi connectivity index (χ0) is 13.4. The van der Waals surface area contributed by atoms with Crippen molar-refractivity contribution in [2.45, 2.75) is 0 Å². The molecule has 3 N–H and O–H groups in total. The molecule has 96 valence electrons. The minimum atomic E-state index is -1.00. The maximum atomic E-state index is 11.9. The predicted molar refractivity (Wildman–Crippen MR) is 73.2 cm³/mol. The highest BCUT2D eigenvalue weighted by molar-refractivity contribution is 7.20. The lowest BCUT2D eigenvalue weighted by molar-refractivity contribution is 0.0702. The van der Waals surface area contributed by atoms with Crippen LogP contribution in [0.4, 0.5) is 5.82 Å². The minimum absolute atomic E-state index is 0.192. The Balaban J connectivity index is 1.93. The van der Waals surface area contributed by atoms with E-state index in [0.29, 0.717) is 21.6 Å². The number of fused-ring (bicyclic) bond motifs is 1. The number of carbonyl (C=O) groups is 2. The van der Waals surface area contributed by atoms with Crippen LogP contribution in [0, 0.1) is 0 Å². The van der Waals surface area contributed by atoms with Gasteiger partial charge in [-0.3, -0.25) is 9.89 Å². The number of aromatic nitrogens is 2. The summed E-state index contributed by atoms with van der Waals surface area (Å²) in [5.74, 6) is -0.845. The summed E-state index contributed by atoms with van der Waals surface area (Å²) in [4.78, 5) is 23.5. The van der Waals surface area contributed by atoms with Gasteiger partial charge in [0.15, 0.2) is 0 Å². The van der Waals surface area contributed by atoms with Crippen LogP contribution in [0.5, 0.6) is 0 Å². The Bertz CT molecular complexity index is 757. The largest absolute Gasteiger partial charge is 0.477 e. The number of carboxylic acids is 1. The van der Waals surface area contributed by atoms with Crippen LogP contribution in [0.15, 0.2) is 22.9 Å². The number of carbonyl (C=O) groups excluding carboxylic acids is 1. The van der Waals surface area contributed by atoms with Gasteiger partial charge in [-0.1, -0.05) is 0 Å². The van der Waals surface area contributed by atoms with E-state index in [4.69, 9.17) is 5.11 Å². The van der Waals surface area contributed by atoms with Gasteiger partial charge in [-0.25, -0.2) is 4.79 Å². The molecule has 6 nitrogen and oxygen atoms in total. The highest BCUT2D eigenvalue weighted by atomic mass is 32.1. The molecule has 3 heterocycles. The van der Waals surface area contributed by atoms with Crippen LogP contribution in [-0.4, -0.2) is 27.2 Å². The minimum Gasteiger partial charge on any atom is -0.477 e. The van der Waals surface area contributed by atoms with Crippen molar-refractivity contribution in [2.75, 3.05) is 5.32 Å². The van der Waals surface area contributed by atoms with Crippen molar-refractivity contribution in [1.82, 2.24) is 10.2 Å². The highest BCUT2D eigenvalue weighted by Crippen LogP contribution is 2.29. The van der Waals surface area contributed by atoms with E-state index in [0.717, 1.165) is 11.3 Å². The Morgan fingerprint density at radius 3 is 2.95 bits per heavy atom. The van der Waals surface area contributed by atoms with Gasteiger partial charge in [0.1, 0.15) is 15.5 Å². The fourth-order valence-corrected chi connectivity index (χ4v) is 3.06. The Morgan fingerprint density at radius 2 is 2.26 bits per heavy atom. The van der Waals surface area contributed by atoms with Gasteiger partial charge in [-0.2, -0.15) is 16.4 Å². The molecule has 3 aromatic rings. The number of nitrogens with one attached hydrogen (secondary N) is 2. The van der Waals surface area contributed by atoms with Gasteiger partial charge >= 0.3 is 5.97 Å². The standard InChI is InChI=1S/C11H7N3O3S2/c15-9(5-1-2-18-4-5)12-8-6-3-7(11(16)17)19-10(6)14-13-8/h1-4H,(H,16,17)(H2,12,13,14,15). The molecule has 8 heteroatoms. The lowest BCUT2D eigenvalue weighted by Gasteiger charge is -1.99. The van der Waals surface area contributed by atoms with E-state index in [2.05, 4.69) is 15.5 Å². The maximum absolute atomic E-state index is 11.9. The van der Waals surface area contributed by atoms with Crippen LogP contribution < -0.4 is 5.32 Å². The summed E-state index contributed by atoms with van der Waals surface area (Å²) in [6.07, 6.45) is 0. The molecule has 0 radical (unpaired) electrons. The zero-order valence-electron chi connectivity index (χ0n) is 9.34. The molecule has 0 saturated carbocycles. The average Bonchev–Trinajstić information content (AvgIpc) is 3.05. The third-order valence-corrected chi connectivity index (χ3v) is 4.18. The Morgan fingerprint density at radius 1 is 1.42 bits per heavy atom. The molecule has 0 aliphatic rings. The third-order valence-electron chi connectivity index (χ3n) is 2.48. The number of rotatable bonds is 3. The Labute approximate surface area is 114 Å². The first-order valence-electron chi connectivity index (χ1n) is 5.20. The second-order valence-corrected chi connectivity index (χ2v) is 5.51. The van der Waals surface area contributed by atoms with Crippen molar-refractivity contribution < 1.29 is 14.7 Å². The number of anilines is 1. The molecule has 0 atom stereocenters. The van der Waals surface area contributed by atoms with Gasteiger partial charge in [0, 0.05) is 5.38 Å². The lowest BCUT2D eigenvalue weighted by atomic mass is 10.3. The molecule has 1 amide bonds. The Kier molecular flexibility index (Phi) is 2.80. The molecule has 0 aliphatic carbocycles. The molecule has 0 bridgehead atoms. The number of aromatic amines is 1. The number of H-pyrrole nitrogens is 1. The first-order chi connectivity index (χ1) is 9.15. The normalized spacial score (nSPS) is 10.7. The SMILES string of the molecule is O=C(Nc1[nH]nc2sc(C(=O)O)cc12)c1ccsc1. The molecule has 0 aromatic carbocycles. The number of hydrogen-bond acceptors (Lipinski definition) is 5. The number of aromatic carboxylic acids is 1. The smallest absolute Gasteiger partial charge is 0.345 e. The number of amides is 1. The second-order valence-electron chi connectivity index (χ2n) is 3.70. The van der Waals surface area contributed by atoms with Crippen molar-refractivity contribution >= 4 is 50.6 Å². The lowest BCUT2D eigenvalue weighted by Crippen LogP contribution is -2.11. The summed E-state index contributed by atoms with van der Waals surface area (Å²) < 4.78 is 0. The molecule has 0 saturated heterocycles. The second kappa shape index (κ2) is 4.48. The Hall–Kier alpha value is -2.19. The summed E-state index contributed by atoms with van der Waals surface area (Å²) in [7, 11) is 0. The molecule has 0 spiro atoms. The first kappa shape index (κ1) is 11.9. The third kappa shape index (κ3) is 2.11. The molecular weight excluding hydrogens is 286 g/mol. The van der Waals surface area contributed by atoms with Crippen molar-refractivity contribution in [2.24, 2.45) is 0 Å². The predicted octanol–water partition coefficient (Wildman–Crippen LogP) is 2.64. The summed E-state index contributed by atoms with van der Waals surface area (Å²) in [5, 5.41) is 22.4. The molecule has 3 rings (SSSR count). The molecule has 0 fully saturated rings. The highest BCUT2D eigenvalue weighted by Gasteiger charge is 2.16. The van der Waals surface area contributed by atoms with Gasteiger partial charge in [-0.05, 0) is 17.5 Å². The van der Waals surface area contributed by atoms with E-state index >= 15 is 0 Å². The monoisotopic (exact) mass is 293 g/mol. The summed E-state index contributed by atoms with van der Waals surface area (Å²) >= 11 is 2.49. The van der Waals surface area contributed by atoms with E-state index in [-0.39, 0.29) is 10.8 Å². The van der Waals surface area contributed by atoms with E-state index in [1.807, 2.05) is 5.38 Å². The quantitative estimate of drug-likeness (QED) is 0.691. The zero-order valence-corrected chi connectivity index (χ0v) is 11.0. The van der Waals surface area contributed by atoms with Crippen LogP contribution in [0.2, 0.25) is 0 Å². The van der Waals surface area contributed by atoms with Gasteiger partial charge < -0.3 is 10.4 Å². The molecule has 3 aromatic heterocycles. The number of thiophene rings is 2. The molecule has 0 unspecified atom stereocenters. The van der Waals surface area contributed by atoms with Crippen molar-refractivity contribution in [3.8, 4) is 0 Å². The van der Waals surface area contributed by atoms with Gasteiger partial charge in [-0.15, -0.1) is 11.3 Å². The summed E-state index contributed by atoms with van der Waals surface area (Å²) in [6.45, 7) is 0. The first-order valence-corrected chi connectivity index (χ1v) is 6.96. The van der Waals surface area contributed by atoms with Crippen molar-refractivity contribution in [3.63, 3.8) is 0 Å². The van der Waals surface area contributed by atoms with Crippen molar-refractivity contribution in [1.29, 1.82) is 0 Å². The van der Waals surface area contributed by atoms with E-state index in [1.165, 1.54) is 17.4 Å². The number of hydrogen-bond donors (Lipinski definition) is 3. The topological polar surface area (TPSA) is 95.1 Å². The summed E-state index contributed by atoms with van der Waals surface area (Å²) in [6, 6.07) is 3.21. The summed E-state index contributed by atoms with van der Waals surface area (Å²) in [5.41, 5.74) is 0.557. The van der Waals surface area contributed by atoms with Gasteiger partial charge in [0.2, 0.25) is 0 Å².